The van der Waals surface area contributed by atoms with Crippen LogP contribution in [0.1, 0.15) is 17.6 Å². The van der Waals surface area contributed by atoms with Gasteiger partial charge in [0.15, 0.2) is 5.82 Å². The molecule has 0 aliphatic rings. The van der Waals surface area contributed by atoms with Crippen molar-refractivity contribution in [1.82, 2.24) is 15.2 Å². The zero-order chi connectivity index (χ0) is 9.26. The molecule has 0 bridgehead atoms. The first-order chi connectivity index (χ1) is 6.29. The molecule has 0 atom stereocenters. The van der Waals surface area contributed by atoms with Crippen molar-refractivity contribution in [1.29, 1.82) is 0 Å². The highest BCUT2D eigenvalue weighted by atomic mass is 32.1. The van der Waals surface area contributed by atoms with Gasteiger partial charge in [-0.05, 0) is 19.1 Å². The van der Waals surface area contributed by atoms with Gasteiger partial charge in [-0.1, -0.05) is 6.92 Å². The second kappa shape index (κ2) is 3.30. The van der Waals surface area contributed by atoms with E-state index < -0.39 is 0 Å². The van der Waals surface area contributed by atoms with Crippen LogP contribution in [0.15, 0.2) is 12.1 Å². The van der Waals surface area contributed by atoms with Crippen LogP contribution in [-0.4, -0.2) is 15.2 Å². The molecule has 0 spiro atoms. The molecule has 2 aromatic rings. The van der Waals surface area contributed by atoms with Crippen LogP contribution in [-0.2, 0) is 6.42 Å². The van der Waals surface area contributed by atoms with Crippen molar-refractivity contribution >= 4 is 11.3 Å². The molecule has 13 heavy (non-hydrogen) atoms. The topological polar surface area (TPSA) is 41.6 Å². The molecule has 0 aliphatic heterocycles. The van der Waals surface area contributed by atoms with Gasteiger partial charge in [-0.25, -0.2) is 4.98 Å². The van der Waals surface area contributed by atoms with Crippen molar-refractivity contribution in [3.8, 4) is 10.7 Å². The third-order valence-electron chi connectivity index (χ3n) is 1.83. The summed E-state index contributed by atoms with van der Waals surface area (Å²) in [6.45, 7) is 4.14. The predicted octanol–water partition coefficient (Wildman–Crippen LogP) is 2.40. The van der Waals surface area contributed by atoms with Crippen LogP contribution >= 0.6 is 11.3 Å². The summed E-state index contributed by atoms with van der Waals surface area (Å²) in [6, 6.07) is 4.14. The number of thiophene rings is 1. The van der Waals surface area contributed by atoms with Crippen LogP contribution in [0.4, 0.5) is 0 Å². The molecule has 2 rings (SSSR count). The van der Waals surface area contributed by atoms with E-state index in [2.05, 4.69) is 41.2 Å². The molecule has 2 heterocycles. The zero-order valence-electron chi connectivity index (χ0n) is 7.66. The fraction of sp³-hybridized carbons (Fsp3) is 0.333. The third kappa shape index (κ3) is 1.62. The Kier molecular flexibility index (Phi) is 2.14. The molecule has 68 valence electrons. The highest BCUT2D eigenvalue weighted by Gasteiger charge is 2.05. The molecule has 0 aromatic carbocycles. The van der Waals surface area contributed by atoms with E-state index in [1.807, 2.05) is 0 Å². The maximum absolute atomic E-state index is 4.36. The Balaban J connectivity index is 2.35. The van der Waals surface area contributed by atoms with Crippen molar-refractivity contribution in [2.75, 3.05) is 0 Å². The highest BCUT2D eigenvalue weighted by Crippen LogP contribution is 2.24. The lowest BCUT2D eigenvalue weighted by Crippen LogP contribution is -1.80. The molecule has 0 amide bonds. The lowest BCUT2D eigenvalue weighted by Gasteiger charge is -1.84. The number of aromatic nitrogens is 3. The maximum Gasteiger partial charge on any atom is 0.191 e. The molecular formula is C9H11N3S. The van der Waals surface area contributed by atoms with Gasteiger partial charge in [-0.2, -0.15) is 5.10 Å². The van der Waals surface area contributed by atoms with Crippen LogP contribution in [0.2, 0.25) is 0 Å². The molecule has 3 nitrogen and oxygen atoms in total. The van der Waals surface area contributed by atoms with Crippen LogP contribution in [0.5, 0.6) is 0 Å². The fourth-order valence-corrected chi connectivity index (χ4v) is 1.92. The minimum absolute atomic E-state index is 0.815. The largest absolute Gasteiger partial charge is 0.263 e. The smallest absolute Gasteiger partial charge is 0.191 e. The molecule has 1 N–H and O–H groups in total. The summed E-state index contributed by atoms with van der Waals surface area (Å²) < 4.78 is 0. The van der Waals surface area contributed by atoms with Gasteiger partial charge >= 0.3 is 0 Å². The summed E-state index contributed by atoms with van der Waals surface area (Å²) >= 11 is 1.72. The Morgan fingerprint density at radius 3 is 2.85 bits per heavy atom. The quantitative estimate of drug-likeness (QED) is 0.795. The van der Waals surface area contributed by atoms with Gasteiger partial charge < -0.3 is 0 Å². The number of aryl methyl sites for hydroxylation is 2. The van der Waals surface area contributed by atoms with Gasteiger partial charge in [-0.15, -0.1) is 11.3 Å². The lowest BCUT2D eigenvalue weighted by molar-refractivity contribution is 0.946. The van der Waals surface area contributed by atoms with E-state index in [1.165, 1.54) is 4.88 Å². The maximum atomic E-state index is 4.36. The van der Waals surface area contributed by atoms with Crippen LogP contribution in [0, 0.1) is 6.92 Å². The van der Waals surface area contributed by atoms with Crippen molar-refractivity contribution in [2.24, 2.45) is 0 Å². The van der Waals surface area contributed by atoms with Crippen LogP contribution in [0.3, 0.4) is 0 Å². The van der Waals surface area contributed by atoms with E-state index in [0.717, 1.165) is 22.9 Å². The van der Waals surface area contributed by atoms with E-state index in [-0.39, 0.29) is 0 Å². The molecule has 4 heteroatoms. The number of rotatable bonds is 2. The van der Waals surface area contributed by atoms with Gasteiger partial charge in [0.2, 0.25) is 0 Å². The number of aromatic amines is 1. The van der Waals surface area contributed by atoms with Gasteiger partial charge in [0.1, 0.15) is 5.82 Å². The van der Waals surface area contributed by atoms with Crippen molar-refractivity contribution in [2.45, 2.75) is 20.3 Å². The Bertz CT molecular complexity index is 402. The lowest BCUT2D eigenvalue weighted by atomic mass is 10.4. The predicted molar refractivity (Wildman–Crippen MR) is 53.8 cm³/mol. The number of hydrogen-bond acceptors (Lipinski definition) is 3. The minimum Gasteiger partial charge on any atom is -0.263 e. The summed E-state index contributed by atoms with van der Waals surface area (Å²) in [5, 5.41) is 7.05. The number of hydrogen-bond donors (Lipinski definition) is 1. The second-order valence-electron chi connectivity index (χ2n) is 2.87. The standard InChI is InChI=1S/C9H11N3S/c1-3-8-10-9(12-11-8)7-5-4-6(2)13-7/h4-5H,3H2,1-2H3,(H,10,11,12). The minimum atomic E-state index is 0.815. The van der Waals surface area contributed by atoms with Crippen molar-refractivity contribution in [3.05, 3.63) is 22.8 Å². The van der Waals surface area contributed by atoms with Gasteiger partial charge in [-0.3, -0.25) is 5.10 Å². The zero-order valence-corrected chi connectivity index (χ0v) is 8.48. The molecule has 0 saturated carbocycles. The summed E-state index contributed by atoms with van der Waals surface area (Å²) in [5.41, 5.74) is 0. The van der Waals surface area contributed by atoms with Gasteiger partial charge in [0.05, 0.1) is 4.88 Å². The molecule has 2 aromatic heterocycles. The molecule has 0 fully saturated rings. The van der Waals surface area contributed by atoms with E-state index in [0.29, 0.717) is 0 Å². The van der Waals surface area contributed by atoms with E-state index >= 15 is 0 Å². The Hall–Kier alpha value is -1.16. The summed E-state index contributed by atoms with van der Waals surface area (Å²) in [5.74, 6) is 1.76. The van der Waals surface area contributed by atoms with Crippen LogP contribution < -0.4 is 0 Å². The van der Waals surface area contributed by atoms with E-state index in [9.17, 15) is 0 Å². The molecule has 0 unspecified atom stereocenters. The monoisotopic (exact) mass is 193 g/mol. The average molecular weight is 193 g/mol. The van der Waals surface area contributed by atoms with E-state index in [1.54, 1.807) is 11.3 Å². The van der Waals surface area contributed by atoms with Gasteiger partial charge in [0.25, 0.3) is 0 Å². The number of nitrogens with zero attached hydrogens (tertiary/aromatic N) is 2. The molecular weight excluding hydrogens is 182 g/mol. The normalized spacial score (nSPS) is 10.6. The third-order valence-corrected chi connectivity index (χ3v) is 2.82. The molecule has 0 saturated heterocycles. The summed E-state index contributed by atoms with van der Waals surface area (Å²) in [7, 11) is 0. The first-order valence-electron chi connectivity index (χ1n) is 4.27. The first-order valence-corrected chi connectivity index (χ1v) is 5.09. The van der Waals surface area contributed by atoms with E-state index in [4.69, 9.17) is 0 Å². The number of H-pyrrole nitrogens is 1. The van der Waals surface area contributed by atoms with Crippen molar-refractivity contribution in [3.63, 3.8) is 0 Å². The molecule has 0 aliphatic carbocycles. The second-order valence-corrected chi connectivity index (χ2v) is 4.16. The fourth-order valence-electron chi connectivity index (χ4n) is 1.12. The summed E-state index contributed by atoms with van der Waals surface area (Å²) in [4.78, 5) is 6.78. The van der Waals surface area contributed by atoms with Gasteiger partial charge in [0, 0.05) is 11.3 Å². The number of nitrogens with one attached hydrogen (secondary N) is 1. The van der Waals surface area contributed by atoms with Crippen molar-refractivity contribution < 1.29 is 0 Å². The summed E-state index contributed by atoms with van der Waals surface area (Å²) in [6.07, 6.45) is 0.900. The highest BCUT2D eigenvalue weighted by molar-refractivity contribution is 7.15. The Morgan fingerprint density at radius 2 is 2.31 bits per heavy atom. The Labute approximate surface area is 80.8 Å². The first kappa shape index (κ1) is 8.44. The SMILES string of the molecule is CCc1nc(-c2ccc(C)s2)n[nH]1. The van der Waals surface area contributed by atoms with Crippen LogP contribution in [0.25, 0.3) is 10.7 Å². The molecule has 0 radical (unpaired) electrons. The Morgan fingerprint density at radius 1 is 1.46 bits per heavy atom. The average Bonchev–Trinajstić information content (AvgIpc) is 2.71.